The van der Waals surface area contributed by atoms with Crippen LogP contribution in [0.5, 0.6) is 0 Å². The van der Waals surface area contributed by atoms with E-state index in [1.807, 2.05) is 32.9 Å². The van der Waals surface area contributed by atoms with E-state index >= 15 is 0 Å². The van der Waals surface area contributed by atoms with E-state index in [2.05, 4.69) is 6.58 Å². The fraction of sp³-hybridized carbons (Fsp3) is 0.773. The molecule has 0 radical (unpaired) electrons. The number of piperidine rings is 1. The minimum absolute atomic E-state index is 0.00988. The van der Waals surface area contributed by atoms with Crippen LogP contribution in [-0.4, -0.2) is 126 Å². The zero-order valence-electron chi connectivity index (χ0n) is 35.4. The van der Waals surface area contributed by atoms with E-state index in [0.717, 1.165) is 5.57 Å². The van der Waals surface area contributed by atoms with Crippen LogP contribution in [0.25, 0.3) is 0 Å². The molecule has 13 nitrogen and oxygen atoms in total. The van der Waals surface area contributed by atoms with Crippen molar-refractivity contribution in [2.45, 2.75) is 160 Å². The van der Waals surface area contributed by atoms with E-state index in [4.69, 9.17) is 23.7 Å². The standard InChI is InChI=1S/C44H69NO12/c1-10-13-31-19-25(2)18-26(3)20-37(54-8)40-38(55-9)22-28(5)44(52,57-40)41(49)42(50)45-17-12-11-14-32(45)43(51)56-39(29(6)34(47)24-35(31)48)27(4)21-30-15-16-33(46)36(23-30)53-7/h10,19,21,26,28-34,36-40,46-47,52H,1,11-18,20,22-24H2,2-9H3/b25-19+,27-21+/t26-,28+,29+,30-,31?,32-,33+,34-,36+,37-,38-,39+,40?,44+/m0/s1. The lowest BCUT2D eigenvalue weighted by Crippen LogP contribution is -2.64. The number of amides is 1. The summed E-state index contributed by atoms with van der Waals surface area (Å²) in [7, 11) is 4.61. The summed E-state index contributed by atoms with van der Waals surface area (Å²) in [5.74, 6) is -7.76. The summed E-state index contributed by atoms with van der Waals surface area (Å²) in [5, 5.41) is 34.1. The molecule has 0 aromatic rings. The predicted octanol–water partition coefficient (Wildman–Crippen LogP) is 4.64. The monoisotopic (exact) mass is 803 g/mol. The van der Waals surface area contributed by atoms with Gasteiger partial charge in [-0.15, -0.1) is 6.58 Å². The van der Waals surface area contributed by atoms with Gasteiger partial charge in [0.15, 0.2) is 0 Å². The number of ketones is 2. The lowest BCUT2D eigenvalue weighted by molar-refractivity contribution is -0.302. The topological polar surface area (TPSA) is 178 Å². The molecule has 3 aliphatic heterocycles. The first-order valence-electron chi connectivity index (χ1n) is 20.9. The van der Waals surface area contributed by atoms with E-state index in [9.17, 15) is 34.5 Å². The highest BCUT2D eigenvalue weighted by molar-refractivity contribution is 6.39. The Morgan fingerprint density at radius 2 is 1.60 bits per heavy atom. The third kappa shape index (κ3) is 11.3. The Hall–Kier alpha value is -2.78. The quantitative estimate of drug-likeness (QED) is 0.185. The molecule has 57 heavy (non-hydrogen) atoms. The highest BCUT2D eigenvalue weighted by Crippen LogP contribution is 2.39. The number of hydrogen-bond donors (Lipinski definition) is 3. The molecule has 2 bridgehead atoms. The van der Waals surface area contributed by atoms with Crippen molar-refractivity contribution in [1.82, 2.24) is 4.90 Å². The van der Waals surface area contributed by atoms with Crippen molar-refractivity contribution in [2.75, 3.05) is 27.9 Å². The zero-order valence-corrected chi connectivity index (χ0v) is 35.4. The largest absolute Gasteiger partial charge is 0.456 e. The summed E-state index contributed by atoms with van der Waals surface area (Å²) in [6.45, 7) is 13.1. The number of carbonyl (C=O) groups is 4. The molecule has 1 amide bonds. The van der Waals surface area contributed by atoms with Crippen molar-refractivity contribution >= 4 is 23.4 Å². The van der Waals surface area contributed by atoms with Crippen LogP contribution in [0, 0.1) is 29.6 Å². The summed E-state index contributed by atoms with van der Waals surface area (Å²) in [6, 6.07) is -1.14. The molecule has 0 aromatic heterocycles. The molecule has 322 valence electrons. The molecule has 3 heterocycles. The molecule has 1 aliphatic carbocycles. The van der Waals surface area contributed by atoms with Gasteiger partial charge in [-0.3, -0.25) is 14.4 Å². The number of hydrogen-bond acceptors (Lipinski definition) is 12. The van der Waals surface area contributed by atoms with Crippen LogP contribution in [0.1, 0.15) is 105 Å². The van der Waals surface area contributed by atoms with Gasteiger partial charge >= 0.3 is 5.97 Å². The number of esters is 1. The van der Waals surface area contributed by atoms with Crippen LogP contribution >= 0.6 is 0 Å². The number of aliphatic hydroxyl groups is 3. The molecule has 14 atom stereocenters. The Labute approximate surface area is 339 Å². The van der Waals surface area contributed by atoms with Gasteiger partial charge in [0.05, 0.1) is 30.5 Å². The molecular weight excluding hydrogens is 734 g/mol. The van der Waals surface area contributed by atoms with Crippen molar-refractivity contribution in [3.63, 3.8) is 0 Å². The molecule has 13 heteroatoms. The Morgan fingerprint density at radius 1 is 0.930 bits per heavy atom. The van der Waals surface area contributed by atoms with Gasteiger partial charge < -0.3 is 43.9 Å². The Bertz CT molecular complexity index is 1480. The van der Waals surface area contributed by atoms with Crippen molar-refractivity contribution in [3.05, 3.63) is 36.0 Å². The lowest BCUT2D eigenvalue weighted by atomic mass is 9.81. The highest BCUT2D eigenvalue weighted by Gasteiger charge is 2.56. The number of allylic oxidation sites excluding steroid dienone is 4. The van der Waals surface area contributed by atoms with Gasteiger partial charge in [-0.25, -0.2) is 4.79 Å². The van der Waals surface area contributed by atoms with Gasteiger partial charge in [-0.1, -0.05) is 44.6 Å². The van der Waals surface area contributed by atoms with Crippen LogP contribution in [0.3, 0.4) is 0 Å². The van der Waals surface area contributed by atoms with E-state index in [1.54, 1.807) is 27.0 Å². The molecule has 3 N–H and O–H groups in total. The molecule has 2 unspecified atom stereocenters. The number of carbonyl (C=O) groups excluding carboxylic acids is 4. The third-order valence-electron chi connectivity index (χ3n) is 12.9. The van der Waals surface area contributed by atoms with Crippen LogP contribution < -0.4 is 0 Å². The molecule has 0 aromatic carbocycles. The number of nitrogens with zero attached hydrogens (tertiary/aromatic N) is 1. The summed E-state index contributed by atoms with van der Waals surface area (Å²) in [5.41, 5.74) is 1.61. The smallest absolute Gasteiger partial charge is 0.329 e. The van der Waals surface area contributed by atoms with Crippen molar-refractivity contribution in [3.8, 4) is 0 Å². The van der Waals surface area contributed by atoms with Crippen LogP contribution in [0.4, 0.5) is 0 Å². The van der Waals surface area contributed by atoms with Crippen molar-refractivity contribution in [1.29, 1.82) is 0 Å². The first kappa shape index (κ1) is 46.9. The predicted molar refractivity (Wildman–Crippen MR) is 213 cm³/mol. The number of Topliss-reactive ketones (excluding diaryl/α,β-unsaturated/α-hetero) is 2. The number of cyclic esters (lactones) is 1. The van der Waals surface area contributed by atoms with Gasteiger partial charge in [0.25, 0.3) is 11.7 Å². The summed E-state index contributed by atoms with van der Waals surface area (Å²) in [4.78, 5) is 57.8. The van der Waals surface area contributed by atoms with E-state index in [1.165, 1.54) is 19.1 Å². The minimum atomic E-state index is -2.51. The first-order chi connectivity index (χ1) is 27.0. The number of rotatable bonds is 7. The SMILES string of the molecule is C=CCC1/C=C(\C)C[C@H](C)C[C@H](OC)C2O[C@@](O)(C(=O)C(=O)N3CCCC[C@H]3C(=O)O[C@H](/C(C)=C/[C@@H]3CC[C@@H](O)[C@H](OC)C3)[C@H](C)[C@@H](O)CC1=O)[C@H](C)C[C@@H]2OC. The molecule has 3 fully saturated rings. The maximum atomic E-state index is 14.3. The Kier molecular flexibility index (Phi) is 17.2. The maximum absolute atomic E-state index is 14.3. The summed E-state index contributed by atoms with van der Waals surface area (Å²) in [6.07, 6.45) is 4.93. The molecule has 0 spiro atoms. The Balaban J connectivity index is 1.78. The number of aliphatic hydroxyl groups excluding tert-OH is 2. The number of fused-ring (bicyclic) bond motifs is 3. The third-order valence-corrected chi connectivity index (χ3v) is 12.9. The fourth-order valence-corrected chi connectivity index (χ4v) is 9.42. The summed E-state index contributed by atoms with van der Waals surface area (Å²) >= 11 is 0. The normalized spacial score (nSPS) is 41.0. The van der Waals surface area contributed by atoms with Crippen molar-refractivity contribution in [2.24, 2.45) is 29.6 Å². The van der Waals surface area contributed by atoms with Crippen molar-refractivity contribution < 1.29 is 58.2 Å². The molecule has 4 rings (SSSR count). The zero-order chi connectivity index (χ0) is 42.2. The van der Waals surface area contributed by atoms with E-state index in [-0.39, 0.29) is 49.5 Å². The lowest BCUT2D eigenvalue weighted by Gasteiger charge is -2.47. The second-order valence-electron chi connectivity index (χ2n) is 17.3. The summed E-state index contributed by atoms with van der Waals surface area (Å²) < 4.78 is 29.7. The maximum Gasteiger partial charge on any atom is 0.329 e. The van der Waals surface area contributed by atoms with Crippen LogP contribution in [0.15, 0.2) is 36.0 Å². The van der Waals surface area contributed by atoms with Gasteiger partial charge in [-0.2, -0.15) is 0 Å². The number of methoxy groups -OCH3 is 3. The molecule has 2 saturated heterocycles. The average Bonchev–Trinajstić information content (AvgIpc) is 3.18. The van der Waals surface area contributed by atoms with Gasteiger partial charge in [0.1, 0.15) is 24.0 Å². The molecular formula is C44H69NO12. The van der Waals surface area contributed by atoms with Crippen LogP contribution in [-0.2, 0) is 42.9 Å². The van der Waals surface area contributed by atoms with E-state index in [0.29, 0.717) is 56.9 Å². The Morgan fingerprint density at radius 3 is 2.25 bits per heavy atom. The first-order valence-corrected chi connectivity index (χ1v) is 20.9. The second kappa shape index (κ2) is 21.0. The number of ether oxygens (including phenoxy) is 5. The average molecular weight is 804 g/mol. The minimum Gasteiger partial charge on any atom is -0.456 e. The van der Waals surface area contributed by atoms with Crippen LogP contribution in [0.2, 0.25) is 0 Å². The highest BCUT2D eigenvalue weighted by atomic mass is 16.7. The second-order valence-corrected chi connectivity index (χ2v) is 17.3. The van der Waals surface area contributed by atoms with Gasteiger partial charge in [-0.05, 0) is 95.5 Å². The molecule has 4 aliphatic rings. The van der Waals surface area contributed by atoms with Gasteiger partial charge in [0.2, 0.25) is 5.79 Å². The van der Waals surface area contributed by atoms with Gasteiger partial charge in [0, 0.05) is 52.0 Å². The molecule has 1 saturated carbocycles. The van der Waals surface area contributed by atoms with E-state index < -0.39 is 83.9 Å². The fourth-order valence-electron chi connectivity index (χ4n) is 9.42.